The van der Waals surface area contributed by atoms with Crippen molar-refractivity contribution in [1.29, 1.82) is 0 Å². The first-order chi connectivity index (χ1) is 14.1. The molecule has 0 radical (unpaired) electrons. The van der Waals surface area contributed by atoms with E-state index in [1.165, 1.54) is 11.1 Å². The highest BCUT2D eigenvalue weighted by atomic mass is 16.5. The Morgan fingerprint density at radius 3 is 2.38 bits per heavy atom. The topological polar surface area (TPSA) is 44.8 Å². The van der Waals surface area contributed by atoms with E-state index >= 15 is 0 Å². The van der Waals surface area contributed by atoms with Crippen LogP contribution in [-0.4, -0.2) is 50.1 Å². The summed E-state index contributed by atoms with van der Waals surface area (Å²) in [4.78, 5) is 17.2. The number of amides is 1. The fourth-order valence-electron chi connectivity index (χ4n) is 3.81. The number of anilines is 1. The molecule has 1 fully saturated rings. The van der Waals surface area contributed by atoms with Gasteiger partial charge in [-0.25, -0.2) is 0 Å². The maximum Gasteiger partial charge on any atom is 0.234 e. The number of benzene rings is 2. The van der Waals surface area contributed by atoms with Gasteiger partial charge in [-0.2, -0.15) is 0 Å². The molecule has 1 atom stereocenters. The van der Waals surface area contributed by atoms with E-state index in [1.807, 2.05) is 25.1 Å². The van der Waals surface area contributed by atoms with Gasteiger partial charge in [-0.1, -0.05) is 48.9 Å². The molecule has 1 saturated heterocycles. The summed E-state index contributed by atoms with van der Waals surface area (Å²) in [6, 6.07) is 16.7. The van der Waals surface area contributed by atoms with Crippen LogP contribution in [0.15, 0.2) is 48.5 Å². The Morgan fingerprint density at radius 2 is 1.72 bits per heavy atom. The minimum atomic E-state index is 0.0717. The first-order valence-corrected chi connectivity index (χ1v) is 10.7. The van der Waals surface area contributed by atoms with Crippen molar-refractivity contribution in [2.75, 3.05) is 44.2 Å². The lowest BCUT2D eigenvalue weighted by Gasteiger charge is -2.36. The van der Waals surface area contributed by atoms with Crippen molar-refractivity contribution < 1.29 is 9.53 Å². The van der Waals surface area contributed by atoms with Gasteiger partial charge < -0.3 is 15.0 Å². The molecule has 1 heterocycles. The minimum absolute atomic E-state index is 0.0717. The monoisotopic (exact) mass is 395 g/mol. The number of nitrogens with zero attached hydrogens (tertiary/aromatic N) is 2. The third-order valence-electron chi connectivity index (χ3n) is 5.47. The van der Waals surface area contributed by atoms with E-state index in [2.05, 4.69) is 59.3 Å². The molecule has 0 bridgehead atoms. The second-order valence-electron chi connectivity index (χ2n) is 7.60. The van der Waals surface area contributed by atoms with Crippen LogP contribution in [0, 0.1) is 6.92 Å². The molecular formula is C24H33N3O2. The van der Waals surface area contributed by atoms with Crippen LogP contribution in [0.5, 0.6) is 5.75 Å². The summed E-state index contributed by atoms with van der Waals surface area (Å²) in [5, 5.41) is 3.20. The second kappa shape index (κ2) is 10.3. The average molecular weight is 396 g/mol. The van der Waals surface area contributed by atoms with Gasteiger partial charge >= 0.3 is 0 Å². The fourth-order valence-corrected chi connectivity index (χ4v) is 3.81. The van der Waals surface area contributed by atoms with E-state index in [1.54, 1.807) is 0 Å². The van der Waals surface area contributed by atoms with E-state index < -0.39 is 0 Å². The normalized spacial score (nSPS) is 15.8. The van der Waals surface area contributed by atoms with Gasteiger partial charge in [-0.05, 0) is 38.0 Å². The quantitative estimate of drug-likeness (QED) is 0.739. The minimum Gasteiger partial charge on any atom is -0.492 e. The maximum absolute atomic E-state index is 12.6. The Kier molecular flexibility index (Phi) is 7.53. The van der Waals surface area contributed by atoms with E-state index in [9.17, 15) is 4.79 Å². The van der Waals surface area contributed by atoms with Crippen molar-refractivity contribution in [3.8, 4) is 5.75 Å². The van der Waals surface area contributed by atoms with Crippen LogP contribution in [-0.2, 0) is 4.79 Å². The summed E-state index contributed by atoms with van der Waals surface area (Å²) in [6.07, 6.45) is 0.886. The lowest BCUT2D eigenvalue weighted by Crippen LogP contribution is -2.49. The van der Waals surface area contributed by atoms with Gasteiger partial charge in [0.2, 0.25) is 5.91 Å². The zero-order chi connectivity index (χ0) is 20.6. The predicted octanol–water partition coefficient (Wildman–Crippen LogP) is 3.78. The van der Waals surface area contributed by atoms with Crippen LogP contribution in [0.25, 0.3) is 0 Å². The van der Waals surface area contributed by atoms with Crippen LogP contribution >= 0.6 is 0 Å². The fraction of sp³-hybridized carbons (Fsp3) is 0.458. The largest absolute Gasteiger partial charge is 0.492 e. The van der Waals surface area contributed by atoms with E-state index in [0.29, 0.717) is 13.2 Å². The van der Waals surface area contributed by atoms with Gasteiger partial charge in [0, 0.05) is 26.2 Å². The number of hydrogen-bond donors (Lipinski definition) is 1. The van der Waals surface area contributed by atoms with Crippen molar-refractivity contribution in [2.24, 2.45) is 0 Å². The van der Waals surface area contributed by atoms with Crippen molar-refractivity contribution in [3.63, 3.8) is 0 Å². The summed E-state index contributed by atoms with van der Waals surface area (Å²) >= 11 is 0. The van der Waals surface area contributed by atoms with Crippen molar-refractivity contribution in [1.82, 2.24) is 10.2 Å². The molecule has 0 aromatic heterocycles. The number of aryl methyl sites for hydroxylation is 1. The second-order valence-corrected chi connectivity index (χ2v) is 7.60. The predicted molar refractivity (Wildman–Crippen MR) is 119 cm³/mol. The molecule has 0 saturated carbocycles. The van der Waals surface area contributed by atoms with Crippen LogP contribution in [0.1, 0.15) is 37.4 Å². The highest BCUT2D eigenvalue weighted by Gasteiger charge is 2.22. The Morgan fingerprint density at radius 1 is 1.03 bits per heavy atom. The molecule has 1 aliphatic heterocycles. The molecule has 0 aliphatic carbocycles. The van der Waals surface area contributed by atoms with Crippen molar-refractivity contribution in [3.05, 3.63) is 59.7 Å². The Labute approximate surface area is 174 Å². The first-order valence-electron chi connectivity index (χ1n) is 10.7. The number of carbonyl (C=O) groups is 1. The van der Waals surface area contributed by atoms with Gasteiger partial charge in [-0.15, -0.1) is 0 Å². The lowest BCUT2D eigenvalue weighted by atomic mass is 10.0. The Hall–Kier alpha value is -2.53. The summed E-state index contributed by atoms with van der Waals surface area (Å²) in [6.45, 7) is 10.8. The zero-order valence-corrected chi connectivity index (χ0v) is 17.9. The van der Waals surface area contributed by atoms with Gasteiger partial charge in [0.25, 0.3) is 0 Å². The van der Waals surface area contributed by atoms with Crippen molar-refractivity contribution in [2.45, 2.75) is 33.2 Å². The van der Waals surface area contributed by atoms with Crippen LogP contribution in [0.4, 0.5) is 5.69 Å². The Bertz CT molecular complexity index is 783. The molecular weight excluding hydrogens is 362 g/mol. The van der Waals surface area contributed by atoms with E-state index in [-0.39, 0.29) is 11.9 Å². The van der Waals surface area contributed by atoms with Crippen LogP contribution in [0.2, 0.25) is 0 Å². The molecule has 29 heavy (non-hydrogen) atoms. The van der Waals surface area contributed by atoms with Gasteiger partial charge in [0.15, 0.2) is 0 Å². The molecule has 2 aromatic carbocycles. The molecule has 2 aromatic rings. The van der Waals surface area contributed by atoms with Gasteiger partial charge in [0.05, 0.1) is 24.9 Å². The standard InChI is InChI=1S/C24H33N3O2/c1-4-21(20-12-10-19(3)11-13-20)25-24(28)18-26-14-16-27(17-15-26)22-8-6-7-9-23(22)29-5-2/h6-13,21H,4-5,14-18H2,1-3H3,(H,25,28)/t21-/m0/s1. The molecule has 0 spiro atoms. The third-order valence-corrected chi connectivity index (χ3v) is 5.47. The highest BCUT2D eigenvalue weighted by molar-refractivity contribution is 5.78. The van der Waals surface area contributed by atoms with Crippen LogP contribution < -0.4 is 15.0 Å². The number of piperazine rings is 1. The number of hydrogen-bond acceptors (Lipinski definition) is 4. The molecule has 1 aliphatic rings. The lowest BCUT2D eigenvalue weighted by molar-refractivity contribution is -0.123. The number of ether oxygens (including phenoxy) is 1. The number of para-hydroxylation sites is 2. The zero-order valence-electron chi connectivity index (χ0n) is 17.9. The third kappa shape index (κ3) is 5.73. The molecule has 3 rings (SSSR count). The molecule has 0 unspecified atom stereocenters. The maximum atomic E-state index is 12.6. The van der Waals surface area contributed by atoms with Crippen molar-refractivity contribution >= 4 is 11.6 Å². The number of nitrogens with one attached hydrogen (secondary N) is 1. The summed E-state index contributed by atoms with van der Waals surface area (Å²) < 4.78 is 5.77. The van der Waals surface area contributed by atoms with E-state index in [0.717, 1.165) is 44.0 Å². The molecule has 5 heteroatoms. The first kappa shape index (κ1) is 21.2. The average Bonchev–Trinajstić information content (AvgIpc) is 2.74. The smallest absolute Gasteiger partial charge is 0.234 e. The Balaban J connectivity index is 1.51. The summed E-state index contributed by atoms with van der Waals surface area (Å²) in [5.74, 6) is 1.03. The summed E-state index contributed by atoms with van der Waals surface area (Å²) in [5.41, 5.74) is 3.55. The molecule has 5 nitrogen and oxygen atoms in total. The molecule has 1 N–H and O–H groups in total. The van der Waals surface area contributed by atoms with Gasteiger partial charge in [0.1, 0.15) is 5.75 Å². The number of rotatable bonds is 8. The molecule has 156 valence electrons. The van der Waals surface area contributed by atoms with Gasteiger partial charge in [-0.3, -0.25) is 9.69 Å². The highest BCUT2D eigenvalue weighted by Crippen LogP contribution is 2.28. The SMILES string of the molecule is CCOc1ccccc1N1CCN(CC(=O)N[C@@H](CC)c2ccc(C)cc2)CC1. The van der Waals surface area contributed by atoms with Crippen LogP contribution in [0.3, 0.4) is 0 Å². The van der Waals surface area contributed by atoms with E-state index in [4.69, 9.17) is 4.74 Å². The number of carbonyl (C=O) groups excluding carboxylic acids is 1. The summed E-state index contributed by atoms with van der Waals surface area (Å²) in [7, 11) is 0. The molecule has 1 amide bonds.